The number of rotatable bonds is 11. The van der Waals surface area contributed by atoms with E-state index in [1.165, 1.54) is 0 Å². The van der Waals surface area contributed by atoms with Crippen LogP contribution >= 0.6 is 0 Å². The molecule has 0 atom stereocenters. The molecule has 0 radical (unpaired) electrons. The van der Waals surface area contributed by atoms with Crippen molar-refractivity contribution >= 4 is 21.7 Å². The maximum Gasteiger partial charge on any atom is 0.235 e. The van der Waals surface area contributed by atoms with Crippen molar-refractivity contribution in [1.29, 1.82) is 0 Å². The van der Waals surface area contributed by atoms with E-state index in [9.17, 15) is 18.0 Å². The molecule has 0 aliphatic rings. The Kier molecular flexibility index (Phi) is 9.46. The number of sulfonamides is 1. The number of Topliss-reactive ketones (excluding diaryl/α,β-unsaturated/α-hetero) is 1. The van der Waals surface area contributed by atoms with Gasteiger partial charge in [0.15, 0.2) is 0 Å². The highest BCUT2D eigenvalue weighted by Crippen LogP contribution is 2.07. The molecule has 0 aromatic carbocycles. The van der Waals surface area contributed by atoms with E-state index < -0.39 is 15.9 Å². The van der Waals surface area contributed by atoms with Crippen LogP contribution in [0.15, 0.2) is 0 Å². The lowest BCUT2D eigenvalue weighted by molar-refractivity contribution is -0.122. The minimum atomic E-state index is -3.49. The number of hydrogen-bond acceptors (Lipinski definition) is 4. The molecule has 1 amide bonds. The van der Waals surface area contributed by atoms with E-state index in [-0.39, 0.29) is 17.5 Å². The normalized spacial score (nSPS) is 11.6. The molecule has 0 unspecified atom stereocenters. The molecule has 0 fully saturated rings. The fraction of sp³-hybridized carbons (Fsp3) is 0.857. The molecule has 0 aromatic rings. The highest BCUT2D eigenvalue weighted by molar-refractivity contribution is 7.90. The Hall–Kier alpha value is -0.910. The topological polar surface area (TPSA) is 80.3 Å². The Labute approximate surface area is 122 Å². The largest absolute Gasteiger partial charge is 0.300 e. The van der Waals surface area contributed by atoms with Gasteiger partial charge < -0.3 is 0 Å². The fourth-order valence-corrected chi connectivity index (χ4v) is 2.87. The summed E-state index contributed by atoms with van der Waals surface area (Å²) >= 11 is 0. The first-order valence-corrected chi connectivity index (χ1v) is 8.99. The van der Waals surface area contributed by atoms with Gasteiger partial charge >= 0.3 is 0 Å². The van der Waals surface area contributed by atoms with Crippen molar-refractivity contribution in [3.63, 3.8) is 0 Å². The van der Waals surface area contributed by atoms with Gasteiger partial charge in [-0.15, -0.1) is 0 Å². The van der Waals surface area contributed by atoms with Gasteiger partial charge in [-0.05, 0) is 12.8 Å². The second-order valence-corrected chi connectivity index (χ2v) is 7.19. The van der Waals surface area contributed by atoms with E-state index in [1.807, 2.05) is 6.92 Å². The van der Waals surface area contributed by atoms with Crippen LogP contribution in [0.3, 0.4) is 0 Å². The van der Waals surface area contributed by atoms with Crippen molar-refractivity contribution in [2.24, 2.45) is 5.92 Å². The lowest BCUT2D eigenvalue weighted by atomic mass is 10.1. The Morgan fingerprint density at radius 2 is 1.55 bits per heavy atom. The molecule has 0 saturated carbocycles. The van der Waals surface area contributed by atoms with Crippen molar-refractivity contribution < 1.29 is 18.0 Å². The predicted octanol–water partition coefficient (Wildman–Crippen LogP) is 2.41. The lowest BCUT2D eigenvalue weighted by Crippen LogP contribution is -2.35. The second-order valence-electron chi connectivity index (χ2n) is 5.35. The summed E-state index contributed by atoms with van der Waals surface area (Å²) in [5, 5.41) is 0. The van der Waals surface area contributed by atoms with Gasteiger partial charge in [0.1, 0.15) is 5.78 Å². The molecule has 0 bridgehead atoms. The van der Waals surface area contributed by atoms with Gasteiger partial charge in [0.2, 0.25) is 15.9 Å². The predicted molar refractivity (Wildman–Crippen MR) is 79.8 cm³/mol. The molecule has 20 heavy (non-hydrogen) atoms. The third-order valence-electron chi connectivity index (χ3n) is 3.04. The Bertz CT molecular complexity index is 401. The molecule has 0 aliphatic carbocycles. The summed E-state index contributed by atoms with van der Waals surface area (Å²) in [6.07, 6.45) is 5.31. The second kappa shape index (κ2) is 9.91. The summed E-state index contributed by atoms with van der Waals surface area (Å²) in [7, 11) is -3.49. The fourth-order valence-electron chi connectivity index (χ4n) is 1.64. The van der Waals surface area contributed by atoms with E-state index in [0.717, 1.165) is 25.7 Å². The Balaban J connectivity index is 3.69. The average molecular weight is 305 g/mol. The van der Waals surface area contributed by atoms with Gasteiger partial charge in [0, 0.05) is 18.8 Å². The van der Waals surface area contributed by atoms with Crippen LogP contribution in [0, 0.1) is 5.92 Å². The number of hydrogen-bond donors (Lipinski definition) is 1. The van der Waals surface area contributed by atoms with Crippen LogP contribution in [-0.4, -0.2) is 25.9 Å². The molecule has 1 N–H and O–H groups in total. The van der Waals surface area contributed by atoms with Crippen molar-refractivity contribution in [3.05, 3.63) is 0 Å². The maximum atomic E-state index is 11.6. The van der Waals surface area contributed by atoms with Gasteiger partial charge in [-0.3, -0.25) is 14.3 Å². The molecule has 0 rings (SSSR count). The minimum absolute atomic E-state index is 0.0145. The van der Waals surface area contributed by atoms with Crippen molar-refractivity contribution in [2.75, 3.05) is 5.75 Å². The maximum absolute atomic E-state index is 11.6. The van der Waals surface area contributed by atoms with Gasteiger partial charge in [0.05, 0.1) is 5.75 Å². The van der Waals surface area contributed by atoms with Crippen LogP contribution in [0.25, 0.3) is 0 Å². The standard InChI is InChI=1S/C14H27NO4S/c1-4-13(16)10-8-6-5-7-9-11-20(18,19)15-14(17)12(2)3/h12H,4-11H2,1-3H3,(H,15,17). The number of unbranched alkanes of at least 4 members (excludes halogenated alkanes) is 4. The van der Waals surface area contributed by atoms with Crippen LogP contribution < -0.4 is 4.72 Å². The zero-order valence-corrected chi connectivity index (χ0v) is 13.6. The van der Waals surface area contributed by atoms with Gasteiger partial charge in [0.25, 0.3) is 0 Å². The molecule has 0 aromatic heterocycles. The molecular weight excluding hydrogens is 278 g/mol. The number of amides is 1. The molecular formula is C14H27NO4S. The van der Waals surface area contributed by atoms with Crippen LogP contribution in [0.4, 0.5) is 0 Å². The monoisotopic (exact) mass is 305 g/mol. The first kappa shape index (κ1) is 19.1. The van der Waals surface area contributed by atoms with Crippen molar-refractivity contribution in [1.82, 2.24) is 4.72 Å². The first-order chi connectivity index (χ1) is 9.28. The zero-order valence-electron chi connectivity index (χ0n) is 12.8. The summed E-state index contributed by atoms with van der Waals surface area (Å²) in [6.45, 7) is 5.17. The molecule has 5 nitrogen and oxygen atoms in total. The smallest absolute Gasteiger partial charge is 0.235 e. The molecule has 0 saturated heterocycles. The molecule has 0 heterocycles. The third kappa shape index (κ3) is 9.95. The summed E-state index contributed by atoms with van der Waals surface area (Å²) in [5.74, 6) is -0.521. The van der Waals surface area contributed by atoms with Crippen LogP contribution in [0.2, 0.25) is 0 Å². The lowest BCUT2D eigenvalue weighted by Gasteiger charge is -2.08. The van der Waals surface area contributed by atoms with E-state index >= 15 is 0 Å². The Morgan fingerprint density at radius 1 is 1.00 bits per heavy atom. The molecule has 118 valence electrons. The summed E-state index contributed by atoms with van der Waals surface area (Å²) in [5.41, 5.74) is 0. The van der Waals surface area contributed by atoms with Crippen molar-refractivity contribution in [2.45, 2.75) is 65.7 Å². The third-order valence-corrected chi connectivity index (χ3v) is 4.38. The first-order valence-electron chi connectivity index (χ1n) is 7.34. The van der Waals surface area contributed by atoms with Gasteiger partial charge in [-0.2, -0.15) is 0 Å². The number of carbonyl (C=O) groups is 2. The van der Waals surface area contributed by atoms with Gasteiger partial charge in [-0.25, -0.2) is 8.42 Å². The van der Waals surface area contributed by atoms with Crippen molar-refractivity contribution in [3.8, 4) is 0 Å². The average Bonchev–Trinajstić information content (AvgIpc) is 2.36. The minimum Gasteiger partial charge on any atom is -0.300 e. The highest BCUT2D eigenvalue weighted by Gasteiger charge is 2.16. The van der Waals surface area contributed by atoms with Crippen LogP contribution in [0.1, 0.15) is 65.7 Å². The van der Waals surface area contributed by atoms with Crippen LogP contribution in [0.5, 0.6) is 0 Å². The zero-order chi connectivity index (χ0) is 15.6. The number of ketones is 1. The van der Waals surface area contributed by atoms with E-state index in [4.69, 9.17) is 0 Å². The quantitative estimate of drug-likeness (QED) is 0.594. The van der Waals surface area contributed by atoms with E-state index in [1.54, 1.807) is 13.8 Å². The summed E-state index contributed by atoms with van der Waals surface area (Å²) < 4.78 is 25.2. The van der Waals surface area contributed by atoms with E-state index in [2.05, 4.69) is 4.72 Å². The number of nitrogens with one attached hydrogen (secondary N) is 1. The SMILES string of the molecule is CCC(=O)CCCCCCCS(=O)(=O)NC(=O)C(C)C. The molecule has 6 heteroatoms. The highest BCUT2D eigenvalue weighted by atomic mass is 32.2. The molecule has 0 spiro atoms. The van der Waals surface area contributed by atoms with Gasteiger partial charge in [-0.1, -0.05) is 40.0 Å². The number of carbonyl (C=O) groups excluding carboxylic acids is 2. The molecule has 0 aliphatic heterocycles. The van der Waals surface area contributed by atoms with Crippen LogP contribution in [-0.2, 0) is 19.6 Å². The van der Waals surface area contributed by atoms with E-state index in [0.29, 0.717) is 19.3 Å². The summed E-state index contributed by atoms with van der Waals surface area (Å²) in [6, 6.07) is 0. The Morgan fingerprint density at radius 3 is 2.10 bits per heavy atom. The summed E-state index contributed by atoms with van der Waals surface area (Å²) in [4.78, 5) is 22.4.